The molecule has 1 rings (SSSR count). The molecule has 1 unspecified atom stereocenters. The van der Waals surface area contributed by atoms with Gasteiger partial charge in [-0.15, -0.1) is 5.10 Å². The predicted octanol–water partition coefficient (Wildman–Crippen LogP) is 2.47. The Hall–Kier alpha value is -0.970. The van der Waals surface area contributed by atoms with E-state index in [9.17, 15) is 0 Å². The smallest absolute Gasteiger partial charge is 0.143 e. The molecule has 0 aromatic carbocycles. The number of hydrogen-bond donors (Lipinski definition) is 1. The molecule has 1 aromatic heterocycles. The van der Waals surface area contributed by atoms with Crippen molar-refractivity contribution in [2.24, 2.45) is 11.7 Å². The van der Waals surface area contributed by atoms with Gasteiger partial charge in [0.05, 0.1) is 11.7 Å². The third-order valence-corrected chi connectivity index (χ3v) is 3.18. The normalized spacial score (nSPS) is 13.0. The first-order chi connectivity index (χ1) is 7.97. The summed E-state index contributed by atoms with van der Waals surface area (Å²) in [5.74, 6) is 0.648. The highest BCUT2D eigenvalue weighted by Crippen LogP contribution is 2.18. The van der Waals surface area contributed by atoms with E-state index in [0.29, 0.717) is 22.6 Å². The number of thiocarbonyl (C=S) groups is 1. The van der Waals surface area contributed by atoms with Crippen molar-refractivity contribution in [3.63, 3.8) is 0 Å². The van der Waals surface area contributed by atoms with Gasteiger partial charge in [0.2, 0.25) is 0 Å². The molecule has 1 heterocycles. The average Bonchev–Trinajstić information content (AvgIpc) is 2.68. The Labute approximate surface area is 109 Å². The molecule has 0 saturated heterocycles. The molecule has 0 aliphatic rings. The van der Waals surface area contributed by atoms with Gasteiger partial charge in [-0.2, -0.15) is 0 Å². The Balaban J connectivity index is 3.01. The van der Waals surface area contributed by atoms with Crippen molar-refractivity contribution in [3.8, 4) is 0 Å². The highest BCUT2D eigenvalue weighted by Gasteiger charge is 2.17. The van der Waals surface area contributed by atoms with Gasteiger partial charge in [0.25, 0.3) is 0 Å². The fourth-order valence-corrected chi connectivity index (χ4v) is 1.85. The zero-order valence-electron chi connectivity index (χ0n) is 11.1. The van der Waals surface area contributed by atoms with E-state index >= 15 is 0 Å². The molecule has 0 bridgehead atoms. The van der Waals surface area contributed by atoms with E-state index in [1.54, 1.807) is 0 Å². The van der Waals surface area contributed by atoms with E-state index in [1.807, 2.05) is 4.68 Å². The van der Waals surface area contributed by atoms with Gasteiger partial charge in [0.15, 0.2) is 0 Å². The molecular formula is C12H22N4S. The maximum absolute atomic E-state index is 5.69. The van der Waals surface area contributed by atoms with Crippen LogP contribution in [0.4, 0.5) is 0 Å². The second kappa shape index (κ2) is 6.10. The van der Waals surface area contributed by atoms with Crippen LogP contribution in [0.3, 0.4) is 0 Å². The largest absolute Gasteiger partial charge is 0.388 e. The number of aromatic nitrogens is 3. The van der Waals surface area contributed by atoms with Crippen LogP contribution in [0.15, 0.2) is 0 Å². The number of hydrogen-bond acceptors (Lipinski definition) is 3. The van der Waals surface area contributed by atoms with Crippen LogP contribution in [0.2, 0.25) is 0 Å². The molecule has 0 aliphatic carbocycles. The molecule has 0 fully saturated rings. The first-order valence-electron chi connectivity index (χ1n) is 6.21. The first-order valence-corrected chi connectivity index (χ1v) is 6.62. The molecule has 96 valence electrons. The van der Waals surface area contributed by atoms with E-state index in [0.717, 1.165) is 25.0 Å². The molecule has 1 atom stereocenters. The Kier molecular flexibility index (Phi) is 5.05. The van der Waals surface area contributed by atoms with E-state index < -0.39 is 0 Å². The Morgan fingerprint density at radius 2 is 2.06 bits per heavy atom. The van der Waals surface area contributed by atoms with Crippen molar-refractivity contribution in [2.45, 2.75) is 53.0 Å². The second-order valence-corrected chi connectivity index (χ2v) is 5.32. The maximum atomic E-state index is 5.69. The minimum absolute atomic E-state index is 0.341. The van der Waals surface area contributed by atoms with Crippen LogP contribution in [-0.4, -0.2) is 20.0 Å². The fourth-order valence-electron chi connectivity index (χ4n) is 1.69. The number of nitrogens with zero attached hydrogens (tertiary/aromatic N) is 3. The van der Waals surface area contributed by atoms with Gasteiger partial charge in [-0.1, -0.05) is 38.2 Å². The van der Waals surface area contributed by atoms with Crippen molar-refractivity contribution in [1.29, 1.82) is 0 Å². The number of nitrogens with two attached hydrogens (primary N) is 1. The van der Waals surface area contributed by atoms with Crippen molar-refractivity contribution in [1.82, 2.24) is 15.0 Å². The van der Waals surface area contributed by atoms with Gasteiger partial charge in [0.1, 0.15) is 10.7 Å². The summed E-state index contributed by atoms with van der Waals surface area (Å²) in [4.78, 5) is 0.346. The summed E-state index contributed by atoms with van der Waals surface area (Å²) in [6.45, 7) is 8.69. The monoisotopic (exact) mass is 254 g/mol. The zero-order valence-corrected chi connectivity index (χ0v) is 11.9. The Morgan fingerprint density at radius 1 is 1.41 bits per heavy atom. The molecule has 0 radical (unpaired) electrons. The molecule has 17 heavy (non-hydrogen) atoms. The summed E-state index contributed by atoms with van der Waals surface area (Å²) < 4.78 is 1.97. The van der Waals surface area contributed by atoms with E-state index in [1.165, 1.54) is 0 Å². The van der Waals surface area contributed by atoms with Crippen LogP contribution >= 0.6 is 12.2 Å². The Bertz CT molecular complexity index is 384. The van der Waals surface area contributed by atoms with Gasteiger partial charge in [-0.3, -0.25) is 0 Å². The fraction of sp³-hybridized carbons (Fsp3) is 0.750. The minimum Gasteiger partial charge on any atom is -0.388 e. The van der Waals surface area contributed by atoms with E-state index in [4.69, 9.17) is 18.0 Å². The predicted molar refractivity (Wildman–Crippen MR) is 74.1 cm³/mol. The summed E-state index contributed by atoms with van der Waals surface area (Å²) in [6.07, 6.45) is 3.05. The van der Waals surface area contributed by atoms with Crippen molar-refractivity contribution < 1.29 is 0 Å². The molecule has 5 heteroatoms. The molecule has 4 nitrogen and oxygen atoms in total. The van der Waals surface area contributed by atoms with Gasteiger partial charge < -0.3 is 5.73 Å². The zero-order chi connectivity index (χ0) is 13.0. The molecule has 0 spiro atoms. The lowest BCUT2D eigenvalue weighted by Crippen LogP contribution is -2.16. The summed E-state index contributed by atoms with van der Waals surface area (Å²) in [5.41, 5.74) is 7.47. The lowest BCUT2D eigenvalue weighted by atomic mass is 10.0. The molecule has 0 aliphatic heterocycles. The van der Waals surface area contributed by atoms with Crippen LogP contribution in [0.1, 0.15) is 58.0 Å². The average molecular weight is 254 g/mol. The van der Waals surface area contributed by atoms with Crippen LogP contribution in [0, 0.1) is 5.92 Å². The minimum atomic E-state index is 0.341. The quantitative estimate of drug-likeness (QED) is 0.792. The first kappa shape index (κ1) is 14.1. The summed E-state index contributed by atoms with van der Waals surface area (Å²) in [5, 5.41) is 8.29. The highest BCUT2D eigenvalue weighted by atomic mass is 32.1. The standard InChI is InChI=1S/C12H22N4S/c1-5-9(4)16-10(7-6-8(2)3)11(12(13)17)14-15-16/h8-9H,5-7H2,1-4H3,(H2,13,17). The molecular weight excluding hydrogens is 232 g/mol. The molecule has 0 saturated carbocycles. The molecule has 1 aromatic rings. The van der Waals surface area contributed by atoms with Crippen LogP contribution < -0.4 is 5.73 Å². The van der Waals surface area contributed by atoms with Gasteiger partial charge in [-0.25, -0.2) is 4.68 Å². The van der Waals surface area contributed by atoms with Crippen LogP contribution in [0.25, 0.3) is 0 Å². The maximum Gasteiger partial charge on any atom is 0.143 e. The van der Waals surface area contributed by atoms with Crippen molar-refractivity contribution in [3.05, 3.63) is 11.4 Å². The molecule has 2 N–H and O–H groups in total. The third kappa shape index (κ3) is 3.49. The lowest BCUT2D eigenvalue weighted by molar-refractivity contribution is 0.440. The van der Waals surface area contributed by atoms with Crippen LogP contribution in [0.5, 0.6) is 0 Å². The summed E-state index contributed by atoms with van der Waals surface area (Å²) in [6, 6.07) is 0.341. The van der Waals surface area contributed by atoms with Gasteiger partial charge in [-0.05, 0) is 32.1 Å². The van der Waals surface area contributed by atoms with E-state index in [2.05, 4.69) is 38.0 Å². The number of rotatable bonds is 6. The lowest BCUT2D eigenvalue weighted by Gasteiger charge is -2.14. The van der Waals surface area contributed by atoms with Crippen LogP contribution in [-0.2, 0) is 6.42 Å². The van der Waals surface area contributed by atoms with Crippen molar-refractivity contribution in [2.75, 3.05) is 0 Å². The summed E-state index contributed by atoms with van der Waals surface area (Å²) in [7, 11) is 0. The topological polar surface area (TPSA) is 56.7 Å². The summed E-state index contributed by atoms with van der Waals surface area (Å²) >= 11 is 5.03. The second-order valence-electron chi connectivity index (χ2n) is 4.88. The SMILES string of the molecule is CCC(C)n1nnc(C(N)=S)c1CCC(C)C. The highest BCUT2D eigenvalue weighted by molar-refractivity contribution is 7.80. The third-order valence-electron chi connectivity index (χ3n) is 2.99. The van der Waals surface area contributed by atoms with E-state index in [-0.39, 0.29) is 0 Å². The van der Waals surface area contributed by atoms with Gasteiger partial charge >= 0.3 is 0 Å². The Morgan fingerprint density at radius 3 is 2.53 bits per heavy atom. The van der Waals surface area contributed by atoms with Gasteiger partial charge in [0, 0.05) is 0 Å². The molecule has 0 amide bonds. The van der Waals surface area contributed by atoms with Crippen molar-refractivity contribution >= 4 is 17.2 Å².